The van der Waals surface area contributed by atoms with Crippen LogP contribution in [-0.2, 0) is 0 Å². The van der Waals surface area contributed by atoms with E-state index in [0.717, 1.165) is 0 Å². The van der Waals surface area contributed by atoms with Crippen LogP contribution in [0.1, 0.15) is 0 Å². The maximum Gasteiger partial charge on any atom is 3.00 e. The Balaban J connectivity index is -0.0000000450. The summed E-state index contributed by atoms with van der Waals surface area (Å²) in [5.41, 5.74) is 0. The second-order valence-corrected chi connectivity index (χ2v) is 0.671. The average Bonchev–Trinajstić information content (AvgIpc) is 1.54. The molecule has 0 saturated carbocycles. The van der Waals surface area contributed by atoms with Gasteiger partial charge in [0.1, 0.15) is 0 Å². The molecular weight excluding hydrogens is 336 g/mol. The van der Waals surface area contributed by atoms with Crippen LogP contribution in [0.2, 0.25) is 0 Å². The largest absolute Gasteiger partial charge is 3.00 e. The van der Waals surface area contributed by atoms with E-state index in [1.807, 2.05) is 0 Å². The van der Waals surface area contributed by atoms with E-state index in [9.17, 15) is 0 Å². The second-order valence-electron chi connectivity index (χ2n) is 0.671. The Labute approximate surface area is 101 Å². The molecule has 0 aliphatic carbocycles. The van der Waals surface area contributed by atoms with Crippen molar-refractivity contribution in [2.45, 2.75) is 0 Å². The minimum absolute atomic E-state index is 0. The van der Waals surface area contributed by atoms with Crippen molar-refractivity contribution in [2.75, 3.05) is 0 Å². The third kappa shape index (κ3) is 774. The molecule has 0 bridgehead atoms. The minimum atomic E-state index is -1.75. The van der Waals surface area contributed by atoms with Crippen molar-refractivity contribution in [3.8, 4) is 0 Å². The summed E-state index contributed by atoms with van der Waals surface area (Å²) in [4.78, 5) is 24.8. The first-order valence-corrected chi connectivity index (χ1v) is 1.64. The first-order valence-electron chi connectivity index (χ1n) is 1.64. The van der Waals surface area contributed by atoms with Gasteiger partial charge in [-0.05, 0) is 0 Å². The molecule has 0 aromatic heterocycles. The molecule has 75 valence electrons. The van der Waals surface area contributed by atoms with Crippen LogP contribution in [0, 0.1) is 86.4 Å². The van der Waals surface area contributed by atoms with Crippen LogP contribution in [0.4, 0.5) is 0 Å². The van der Waals surface area contributed by atoms with Gasteiger partial charge in [0.05, 0.1) is 15.3 Å². The van der Waals surface area contributed by atoms with E-state index in [-0.39, 0.29) is 40.4 Å². The third-order valence-electron chi connectivity index (χ3n) is 0. The van der Waals surface area contributed by atoms with E-state index in [1.165, 1.54) is 0 Å². The van der Waals surface area contributed by atoms with Gasteiger partial charge < -0.3 is 46.0 Å². The smallest absolute Gasteiger partial charge is 0.356 e. The number of nitrogens with zero attached hydrogens (tertiary/aromatic N) is 3. The topological polar surface area (TPSA) is 199 Å². The van der Waals surface area contributed by atoms with Gasteiger partial charge in [0.15, 0.2) is 0 Å². The Bertz CT molecular complexity index is 112. The van der Waals surface area contributed by atoms with Crippen LogP contribution in [0.25, 0.3) is 0 Å². The first-order chi connectivity index (χ1) is 5.20. The number of hydrogen-bond acceptors (Lipinski definition) is 9. The summed E-state index contributed by atoms with van der Waals surface area (Å²) in [6, 6.07) is 0. The van der Waals surface area contributed by atoms with Gasteiger partial charge in [0.2, 0.25) is 0 Å². The van der Waals surface area contributed by atoms with Crippen LogP contribution in [0.15, 0.2) is 0 Å². The van der Waals surface area contributed by atoms with E-state index in [4.69, 9.17) is 46.0 Å². The van der Waals surface area contributed by atoms with Crippen LogP contribution < -0.4 is 0 Å². The molecule has 0 saturated heterocycles. The Morgan fingerprint density at radius 1 is 0.538 bits per heavy atom. The molecule has 0 rings (SSSR count). The van der Waals surface area contributed by atoms with E-state index < -0.39 is 15.3 Å². The van der Waals surface area contributed by atoms with Gasteiger partial charge >= 0.3 is 40.4 Å². The zero-order valence-electron chi connectivity index (χ0n) is 5.42. The van der Waals surface area contributed by atoms with Gasteiger partial charge in [-0.15, -0.1) is 0 Å². The zero-order valence-corrected chi connectivity index (χ0v) is 8.04. The van der Waals surface area contributed by atoms with Crippen molar-refractivity contribution in [1.29, 1.82) is 0 Å². The molecule has 0 amide bonds. The summed E-state index contributed by atoms with van der Waals surface area (Å²) in [6.07, 6.45) is 0. The van der Waals surface area contributed by atoms with Gasteiger partial charge in [-0.25, -0.2) is 0 Å². The maximum atomic E-state index is 8.25. The molecule has 13 heteroatoms. The fourth-order valence-electron chi connectivity index (χ4n) is 0. The van der Waals surface area contributed by atoms with Crippen molar-refractivity contribution in [2.24, 2.45) is 0 Å². The molecule has 0 spiro atoms. The molecule has 0 unspecified atom stereocenters. The number of rotatable bonds is 0. The molecule has 0 aromatic carbocycles. The van der Waals surface area contributed by atoms with Crippen molar-refractivity contribution >= 4 is 0 Å². The second kappa shape index (κ2) is 17.1. The Morgan fingerprint density at radius 2 is 0.538 bits per heavy atom. The van der Waals surface area contributed by atoms with Crippen LogP contribution in [0.5, 0.6) is 0 Å². The summed E-state index contributed by atoms with van der Waals surface area (Å²) in [7, 11) is 0. The summed E-state index contributed by atoms with van der Waals surface area (Å²) in [6.45, 7) is 0. The van der Waals surface area contributed by atoms with Crippen LogP contribution in [-0.4, -0.2) is 15.3 Å². The van der Waals surface area contributed by atoms with Gasteiger partial charge in [-0.3, -0.25) is 0 Å². The van der Waals surface area contributed by atoms with Crippen LogP contribution in [0.3, 0.4) is 0 Å². The molecular formula is N3O9Sm. The molecule has 0 heterocycles. The summed E-state index contributed by atoms with van der Waals surface area (Å²) in [5.74, 6) is 0. The molecule has 0 atom stereocenters. The molecule has 0 N–H and O–H groups in total. The predicted octanol–water partition coefficient (Wildman–Crippen LogP) is -0.717. The first kappa shape index (κ1) is 22.7. The Hall–Kier alpha value is -1.06. The summed E-state index contributed by atoms with van der Waals surface area (Å²) in [5, 5.41) is 44.2. The third-order valence-corrected chi connectivity index (χ3v) is 0. The predicted molar refractivity (Wildman–Crippen MR) is 31.1 cm³/mol. The standard InChI is InChI=1S/3NO3.Sm/c3*2-1(3)4;/q3*-1;+3. The maximum absolute atomic E-state index is 8.25. The van der Waals surface area contributed by atoms with E-state index in [2.05, 4.69) is 0 Å². The molecule has 0 fully saturated rings. The van der Waals surface area contributed by atoms with Gasteiger partial charge in [0, 0.05) is 0 Å². The Kier molecular flexibility index (Phi) is 29.9. The molecule has 13 heavy (non-hydrogen) atoms. The molecule has 0 aliphatic heterocycles. The van der Waals surface area contributed by atoms with E-state index in [0.29, 0.717) is 0 Å². The monoisotopic (exact) mass is 338 g/mol. The van der Waals surface area contributed by atoms with Crippen molar-refractivity contribution < 1.29 is 55.6 Å². The summed E-state index contributed by atoms with van der Waals surface area (Å²) >= 11 is 0. The molecule has 0 aromatic rings. The molecule has 0 aliphatic rings. The van der Waals surface area contributed by atoms with E-state index in [1.54, 1.807) is 0 Å². The summed E-state index contributed by atoms with van der Waals surface area (Å²) < 4.78 is 0. The SMILES string of the molecule is O=[N+]([O-])[O-].O=[N+]([O-])[O-].O=[N+]([O-])[O-].[Sm+3]. The van der Waals surface area contributed by atoms with Crippen molar-refractivity contribution in [3.05, 3.63) is 46.0 Å². The van der Waals surface area contributed by atoms with Gasteiger partial charge in [-0.1, -0.05) is 0 Å². The normalized spacial score (nSPS) is 5.54. The quantitative estimate of drug-likeness (QED) is 0.404. The minimum Gasteiger partial charge on any atom is -0.356 e. The van der Waals surface area contributed by atoms with Crippen molar-refractivity contribution in [1.82, 2.24) is 0 Å². The van der Waals surface area contributed by atoms with Gasteiger partial charge in [-0.2, -0.15) is 0 Å². The Morgan fingerprint density at radius 3 is 0.538 bits per heavy atom. The average molecular weight is 336 g/mol. The number of hydrogen-bond donors (Lipinski definition) is 0. The van der Waals surface area contributed by atoms with Crippen molar-refractivity contribution in [3.63, 3.8) is 0 Å². The fraction of sp³-hybridized carbons (Fsp3) is 0. The fourth-order valence-corrected chi connectivity index (χ4v) is 0. The van der Waals surface area contributed by atoms with Gasteiger partial charge in [0.25, 0.3) is 0 Å². The molecule has 12 nitrogen and oxygen atoms in total. The molecule has 1 radical (unpaired) electrons. The van der Waals surface area contributed by atoms with Crippen LogP contribution >= 0.6 is 0 Å². The zero-order chi connectivity index (χ0) is 10.7. The van der Waals surface area contributed by atoms with E-state index >= 15 is 0 Å².